The third-order valence-corrected chi connectivity index (χ3v) is 2.31. The monoisotopic (exact) mass is 175 g/mol. The smallest absolute Gasteiger partial charge is 0.189 e. The van der Waals surface area contributed by atoms with Gasteiger partial charge in [-0.1, -0.05) is 23.4 Å². The fourth-order valence-corrected chi connectivity index (χ4v) is 1.72. The molecule has 1 aliphatic carbocycles. The summed E-state index contributed by atoms with van der Waals surface area (Å²) in [7, 11) is 0. The average molecular weight is 175 g/mol. The number of carbonyl (C=O) groups excluding carboxylic acids is 1. The number of benzene rings is 1. The highest BCUT2D eigenvalue weighted by molar-refractivity contribution is 6.49. The van der Waals surface area contributed by atoms with Crippen molar-refractivity contribution in [2.24, 2.45) is 5.16 Å². The Morgan fingerprint density at radius 3 is 2.92 bits per heavy atom. The van der Waals surface area contributed by atoms with E-state index in [1.165, 1.54) is 0 Å². The number of carbonyl (C=O) groups is 1. The highest BCUT2D eigenvalue weighted by Crippen LogP contribution is 2.23. The third kappa shape index (κ3) is 1.04. The zero-order chi connectivity index (χ0) is 9.42. The van der Waals surface area contributed by atoms with Crippen molar-refractivity contribution in [3.05, 3.63) is 34.9 Å². The molecule has 3 nitrogen and oxygen atoms in total. The second kappa shape index (κ2) is 2.69. The zero-order valence-electron chi connectivity index (χ0n) is 7.24. The molecule has 0 amide bonds. The van der Waals surface area contributed by atoms with Crippen molar-refractivity contribution in [3.8, 4) is 0 Å². The van der Waals surface area contributed by atoms with Crippen molar-refractivity contribution >= 4 is 11.5 Å². The molecular formula is C10H9NO2. The molecule has 1 N–H and O–H groups in total. The van der Waals surface area contributed by atoms with Crippen LogP contribution in [-0.4, -0.2) is 16.7 Å². The van der Waals surface area contributed by atoms with E-state index in [1.54, 1.807) is 0 Å². The van der Waals surface area contributed by atoms with Crippen molar-refractivity contribution in [3.63, 3.8) is 0 Å². The first-order chi connectivity index (χ1) is 6.24. The van der Waals surface area contributed by atoms with Crippen LogP contribution in [0.1, 0.15) is 16.7 Å². The molecule has 0 saturated heterocycles. The molecule has 1 aromatic rings. The minimum Gasteiger partial charge on any atom is -0.410 e. The Bertz CT molecular complexity index is 407. The summed E-state index contributed by atoms with van der Waals surface area (Å²) in [5.41, 5.74) is 2.94. The number of rotatable bonds is 0. The maximum absolute atomic E-state index is 11.3. The van der Waals surface area contributed by atoms with E-state index in [4.69, 9.17) is 5.21 Å². The number of ketones is 1. The summed E-state index contributed by atoms with van der Waals surface area (Å²) in [4.78, 5) is 11.3. The largest absolute Gasteiger partial charge is 0.410 e. The fourth-order valence-electron chi connectivity index (χ4n) is 1.72. The zero-order valence-corrected chi connectivity index (χ0v) is 7.24. The van der Waals surface area contributed by atoms with Crippen LogP contribution in [0.4, 0.5) is 0 Å². The number of hydrogen-bond donors (Lipinski definition) is 1. The number of hydrogen-bond acceptors (Lipinski definition) is 3. The molecule has 0 heterocycles. The first-order valence-electron chi connectivity index (χ1n) is 4.08. The molecule has 13 heavy (non-hydrogen) atoms. The Morgan fingerprint density at radius 2 is 2.23 bits per heavy atom. The minimum absolute atomic E-state index is 0.105. The first-order valence-corrected chi connectivity index (χ1v) is 4.08. The molecule has 1 aromatic carbocycles. The van der Waals surface area contributed by atoms with Crippen molar-refractivity contribution in [1.29, 1.82) is 0 Å². The summed E-state index contributed by atoms with van der Waals surface area (Å²) < 4.78 is 0. The van der Waals surface area contributed by atoms with Gasteiger partial charge < -0.3 is 5.21 Å². The van der Waals surface area contributed by atoms with Crippen LogP contribution >= 0.6 is 0 Å². The van der Waals surface area contributed by atoms with Crippen LogP contribution in [0.3, 0.4) is 0 Å². The summed E-state index contributed by atoms with van der Waals surface area (Å²) in [5.74, 6) is -0.105. The lowest BCUT2D eigenvalue weighted by molar-refractivity contribution is -0.112. The molecule has 2 rings (SSSR count). The normalized spacial score (nSPS) is 17.9. The number of oxime groups is 1. The predicted octanol–water partition coefficient (Wildman–Crippen LogP) is 1.30. The predicted molar refractivity (Wildman–Crippen MR) is 48.2 cm³/mol. The van der Waals surface area contributed by atoms with E-state index >= 15 is 0 Å². The second-order valence-electron chi connectivity index (χ2n) is 3.16. The van der Waals surface area contributed by atoms with Gasteiger partial charge in [0.1, 0.15) is 0 Å². The van der Waals surface area contributed by atoms with Gasteiger partial charge in [-0.3, -0.25) is 4.79 Å². The summed E-state index contributed by atoms with van der Waals surface area (Å²) in [6.45, 7) is 1.91. The maximum Gasteiger partial charge on any atom is 0.189 e. The molecule has 0 fully saturated rings. The van der Waals surface area contributed by atoms with Crippen LogP contribution in [0.25, 0.3) is 0 Å². The van der Waals surface area contributed by atoms with Gasteiger partial charge in [0.15, 0.2) is 11.5 Å². The third-order valence-electron chi connectivity index (χ3n) is 2.31. The number of nitrogens with zero attached hydrogens (tertiary/aromatic N) is 1. The van der Waals surface area contributed by atoms with E-state index in [-0.39, 0.29) is 11.5 Å². The molecule has 1 aliphatic rings. The summed E-state index contributed by atoms with van der Waals surface area (Å²) >= 11 is 0. The van der Waals surface area contributed by atoms with E-state index in [9.17, 15) is 4.79 Å². The Balaban J connectivity index is 2.70. The molecule has 0 radical (unpaired) electrons. The van der Waals surface area contributed by atoms with Crippen LogP contribution < -0.4 is 0 Å². The van der Waals surface area contributed by atoms with Gasteiger partial charge in [-0.15, -0.1) is 0 Å². The van der Waals surface area contributed by atoms with Crippen molar-refractivity contribution in [2.75, 3.05) is 0 Å². The SMILES string of the molecule is Cc1cccc2c1/C(=N\O)C(=O)C2. The summed E-state index contributed by atoms with van der Waals surface area (Å²) in [6, 6.07) is 5.70. The Kier molecular flexibility index (Phi) is 1.65. The topological polar surface area (TPSA) is 49.7 Å². The molecule has 0 aliphatic heterocycles. The lowest BCUT2D eigenvalue weighted by atomic mass is 10.0. The van der Waals surface area contributed by atoms with Gasteiger partial charge in [0.2, 0.25) is 0 Å². The lowest BCUT2D eigenvalue weighted by Crippen LogP contribution is -2.09. The Hall–Kier alpha value is -1.64. The number of Topliss-reactive ketones (excluding diaryl/α,β-unsaturated/α-hetero) is 1. The van der Waals surface area contributed by atoms with Gasteiger partial charge in [0, 0.05) is 12.0 Å². The van der Waals surface area contributed by atoms with Gasteiger partial charge in [0.05, 0.1) is 0 Å². The molecule has 0 aromatic heterocycles. The highest BCUT2D eigenvalue weighted by atomic mass is 16.4. The Labute approximate surface area is 75.7 Å². The molecule has 0 unspecified atom stereocenters. The summed E-state index contributed by atoms with van der Waals surface area (Å²) in [5, 5.41) is 11.7. The van der Waals surface area contributed by atoms with Crippen molar-refractivity contribution < 1.29 is 10.0 Å². The first kappa shape index (κ1) is 7.98. The molecule has 66 valence electrons. The van der Waals surface area contributed by atoms with Gasteiger partial charge in [-0.05, 0) is 18.1 Å². The molecule has 0 bridgehead atoms. The van der Waals surface area contributed by atoms with Gasteiger partial charge >= 0.3 is 0 Å². The number of fused-ring (bicyclic) bond motifs is 1. The standard InChI is InChI=1S/C10H9NO2/c1-6-3-2-4-7-5-8(12)10(11-13)9(6)7/h2-4,13H,5H2,1H3/b11-10-. The quantitative estimate of drug-likeness (QED) is 0.477. The summed E-state index contributed by atoms with van der Waals surface area (Å²) in [6.07, 6.45) is 0.358. The average Bonchev–Trinajstić information content (AvgIpc) is 2.42. The van der Waals surface area contributed by atoms with Crippen LogP contribution in [-0.2, 0) is 11.2 Å². The van der Waals surface area contributed by atoms with Gasteiger partial charge in [-0.2, -0.15) is 0 Å². The minimum atomic E-state index is -0.105. The Morgan fingerprint density at radius 1 is 1.46 bits per heavy atom. The maximum atomic E-state index is 11.3. The van der Waals surface area contributed by atoms with Gasteiger partial charge in [0.25, 0.3) is 0 Å². The molecule has 0 saturated carbocycles. The van der Waals surface area contributed by atoms with Crippen molar-refractivity contribution in [2.45, 2.75) is 13.3 Å². The van der Waals surface area contributed by atoms with E-state index in [2.05, 4.69) is 5.16 Å². The second-order valence-corrected chi connectivity index (χ2v) is 3.16. The van der Waals surface area contributed by atoms with E-state index in [0.717, 1.165) is 16.7 Å². The molecular weight excluding hydrogens is 166 g/mol. The fraction of sp³-hybridized carbons (Fsp3) is 0.200. The highest BCUT2D eigenvalue weighted by Gasteiger charge is 2.27. The molecule has 3 heteroatoms. The molecule has 0 spiro atoms. The van der Waals surface area contributed by atoms with Crippen LogP contribution in [0, 0.1) is 6.92 Å². The van der Waals surface area contributed by atoms with E-state index < -0.39 is 0 Å². The van der Waals surface area contributed by atoms with Gasteiger partial charge in [-0.25, -0.2) is 0 Å². The van der Waals surface area contributed by atoms with E-state index in [0.29, 0.717) is 6.42 Å². The van der Waals surface area contributed by atoms with Crippen LogP contribution in [0.5, 0.6) is 0 Å². The lowest BCUT2D eigenvalue weighted by Gasteiger charge is -2.00. The van der Waals surface area contributed by atoms with Crippen LogP contribution in [0.15, 0.2) is 23.4 Å². The van der Waals surface area contributed by atoms with E-state index in [1.807, 2.05) is 25.1 Å². The van der Waals surface area contributed by atoms with Crippen molar-refractivity contribution in [1.82, 2.24) is 0 Å². The molecule has 0 atom stereocenters. The number of aryl methyl sites for hydroxylation is 1. The van der Waals surface area contributed by atoms with Crippen LogP contribution in [0.2, 0.25) is 0 Å².